The van der Waals surface area contributed by atoms with Crippen LogP contribution in [0, 0.1) is 17.0 Å². The molecule has 0 saturated carbocycles. The summed E-state index contributed by atoms with van der Waals surface area (Å²) in [6.07, 6.45) is 0. The molecule has 1 aromatic rings. The van der Waals surface area contributed by atoms with Gasteiger partial charge in [-0.05, 0) is 6.92 Å². The molecule has 6 heteroatoms. The van der Waals surface area contributed by atoms with Gasteiger partial charge in [-0.15, -0.1) is 0 Å². The molecular weight excluding hydrogens is 196 g/mol. The van der Waals surface area contributed by atoms with Crippen molar-refractivity contribution in [1.82, 2.24) is 4.98 Å². The van der Waals surface area contributed by atoms with Crippen LogP contribution in [0.3, 0.4) is 0 Å². The summed E-state index contributed by atoms with van der Waals surface area (Å²) in [6, 6.07) is 1.31. The molecule has 0 unspecified atom stereocenters. The third-order valence-corrected chi connectivity index (χ3v) is 1.70. The Hall–Kier alpha value is -1.36. The Morgan fingerprint density at radius 1 is 1.69 bits per heavy atom. The van der Waals surface area contributed by atoms with Crippen molar-refractivity contribution in [2.24, 2.45) is 0 Å². The number of methoxy groups -OCH3 is 1. The molecule has 13 heavy (non-hydrogen) atoms. The van der Waals surface area contributed by atoms with Crippen LogP contribution >= 0.6 is 11.6 Å². The number of nitro groups is 1. The number of hydrogen-bond donors (Lipinski definition) is 0. The average molecular weight is 203 g/mol. The SMILES string of the molecule is COc1c([N+](=O)[O-])cc(C)nc1Cl. The first-order chi connectivity index (χ1) is 6.06. The third kappa shape index (κ3) is 1.86. The number of ether oxygens (including phenoxy) is 1. The van der Waals surface area contributed by atoms with E-state index in [0.717, 1.165) is 0 Å². The highest BCUT2D eigenvalue weighted by molar-refractivity contribution is 6.31. The summed E-state index contributed by atoms with van der Waals surface area (Å²) in [5, 5.41) is 10.5. The van der Waals surface area contributed by atoms with Gasteiger partial charge in [0, 0.05) is 11.8 Å². The molecule has 0 aliphatic heterocycles. The fourth-order valence-corrected chi connectivity index (χ4v) is 1.24. The Morgan fingerprint density at radius 2 is 2.31 bits per heavy atom. The highest BCUT2D eigenvalue weighted by Crippen LogP contribution is 2.33. The van der Waals surface area contributed by atoms with E-state index in [2.05, 4.69) is 4.98 Å². The highest BCUT2D eigenvalue weighted by Gasteiger charge is 2.19. The zero-order chi connectivity index (χ0) is 10.0. The molecule has 1 rings (SSSR count). The average Bonchev–Trinajstić information content (AvgIpc) is 2.02. The summed E-state index contributed by atoms with van der Waals surface area (Å²) in [6.45, 7) is 1.62. The Morgan fingerprint density at radius 3 is 2.77 bits per heavy atom. The minimum absolute atomic E-state index is 0.00253. The van der Waals surface area contributed by atoms with Crippen LogP contribution in [0.25, 0.3) is 0 Å². The van der Waals surface area contributed by atoms with Gasteiger partial charge in [-0.25, -0.2) is 4.98 Å². The second-order valence-corrected chi connectivity index (χ2v) is 2.72. The maximum atomic E-state index is 10.5. The van der Waals surface area contributed by atoms with Gasteiger partial charge >= 0.3 is 5.69 Å². The maximum absolute atomic E-state index is 10.5. The smallest absolute Gasteiger partial charge is 0.316 e. The van der Waals surface area contributed by atoms with Gasteiger partial charge in [0.2, 0.25) is 5.75 Å². The largest absolute Gasteiger partial charge is 0.488 e. The standard InChI is InChI=1S/C7H7ClN2O3/c1-4-3-5(10(11)12)6(13-2)7(8)9-4/h3H,1-2H3. The summed E-state index contributed by atoms with van der Waals surface area (Å²) >= 11 is 5.64. The summed E-state index contributed by atoms with van der Waals surface area (Å²) in [5.41, 5.74) is 0.317. The molecule has 5 nitrogen and oxygen atoms in total. The number of halogens is 1. The minimum Gasteiger partial charge on any atom is -0.488 e. The van der Waals surface area contributed by atoms with Gasteiger partial charge < -0.3 is 4.74 Å². The summed E-state index contributed by atoms with van der Waals surface area (Å²) in [7, 11) is 1.31. The lowest BCUT2D eigenvalue weighted by atomic mass is 10.3. The number of rotatable bonds is 2. The van der Waals surface area contributed by atoms with Crippen molar-refractivity contribution < 1.29 is 9.66 Å². The van der Waals surface area contributed by atoms with Crippen molar-refractivity contribution in [3.63, 3.8) is 0 Å². The lowest BCUT2D eigenvalue weighted by Crippen LogP contribution is -1.97. The lowest BCUT2D eigenvalue weighted by Gasteiger charge is -2.03. The van der Waals surface area contributed by atoms with Crippen LogP contribution < -0.4 is 4.74 Å². The van der Waals surface area contributed by atoms with E-state index < -0.39 is 4.92 Å². The van der Waals surface area contributed by atoms with Crippen LogP contribution in [0.2, 0.25) is 5.15 Å². The van der Waals surface area contributed by atoms with Crippen molar-refractivity contribution in [1.29, 1.82) is 0 Å². The molecule has 0 aromatic carbocycles. The maximum Gasteiger partial charge on any atom is 0.316 e. The molecule has 0 aliphatic rings. The van der Waals surface area contributed by atoms with Gasteiger partial charge in [0.1, 0.15) is 0 Å². The normalized spacial score (nSPS) is 9.77. The van der Waals surface area contributed by atoms with E-state index in [1.54, 1.807) is 6.92 Å². The van der Waals surface area contributed by atoms with Gasteiger partial charge in [0.25, 0.3) is 0 Å². The second kappa shape index (κ2) is 3.57. The summed E-state index contributed by atoms with van der Waals surface area (Å²) in [4.78, 5) is 13.8. The van der Waals surface area contributed by atoms with Crippen molar-refractivity contribution >= 4 is 17.3 Å². The number of pyridine rings is 1. The van der Waals surface area contributed by atoms with Crippen molar-refractivity contribution in [3.05, 3.63) is 27.0 Å². The molecule has 0 aliphatic carbocycles. The van der Waals surface area contributed by atoms with Crippen LogP contribution in [-0.2, 0) is 0 Å². The molecule has 1 aromatic heterocycles. The van der Waals surface area contributed by atoms with E-state index >= 15 is 0 Å². The lowest BCUT2D eigenvalue weighted by molar-refractivity contribution is -0.385. The quantitative estimate of drug-likeness (QED) is 0.418. The van der Waals surface area contributed by atoms with Gasteiger partial charge in [-0.2, -0.15) is 0 Å². The van der Waals surface area contributed by atoms with Gasteiger partial charge in [0.15, 0.2) is 5.15 Å². The summed E-state index contributed by atoms with van der Waals surface area (Å²) in [5.74, 6) is -0.00253. The Labute approximate surface area is 79.5 Å². The highest BCUT2D eigenvalue weighted by atomic mass is 35.5. The molecule has 0 N–H and O–H groups in total. The molecule has 0 amide bonds. The predicted octanol–water partition coefficient (Wildman–Crippen LogP) is 1.96. The monoisotopic (exact) mass is 202 g/mol. The Bertz CT molecular complexity index is 354. The van der Waals surface area contributed by atoms with E-state index in [9.17, 15) is 10.1 Å². The molecular formula is C7H7ClN2O3. The predicted molar refractivity (Wildman–Crippen MR) is 47.2 cm³/mol. The zero-order valence-corrected chi connectivity index (χ0v) is 7.83. The van der Waals surface area contributed by atoms with Crippen LogP contribution in [0.4, 0.5) is 5.69 Å². The van der Waals surface area contributed by atoms with Gasteiger partial charge in [-0.3, -0.25) is 10.1 Å². The number of hydrogen-bond acceptors (Lipinski definition) is 4. The van der Waals surface area contributed by atoms with E-state index in [-0.39, 0.29) is 16.6 Å². The topological polar surface area (TPSA) is 65.3 Å². The minimum atomic E-state index is -0.556. The fourth-order valence-electron chi connectivity index (χ4n) is 0.931. The summed E-state index contributed by atoms with van der Waals surface area (Å²) < 4.78 is 4.76. The molecule has 0 atom stereocenters. The first-order valence-electron chi connectivity index (χ1n) is 3.41. The van der Waals surface area contributed by atoms with Crippen LogP contribution in [0.15, 0.2) is 6.07 Å². The molecule has 0 radical (unpaired) electrons. The Balaban J connectivity index is 3.38. The number of aromatic nitrogens is 1. The van der Waals surface area contributed by atoms with E-state index in [1.165, 1.54) is 13.2 Å². The van der Waals surface area contributed by atoms with Crippen LogP contribution in [0.5, 0.6) is 5.75 Å². The fraction of sp³-hybridized carbons (Fsp3) is 0.286. The van der Waals surface area contributed by atoms with Crippen molar-refractivity contribution in [3.8, 4) is 5.75 Å². The number of aryl methyl sites for hydroxylation is 1. The molecule has 0 bridgehead atoms. The zero-order valence-electron chi connectivity index (χ0n) is 7.07. The van der Waals surface area contributed by atoms with E-state index in [0.29, 0.717) is 5.69 Å². The van der Waals surface area contributed by atoms with Crippen molar-refractivity contribution in [2.45, 2.75) is 6.92 Å². The van der Waals surface area contributed by atoms with Crippen molar-refractivity contribution in [2.75, 3.05) is 7.11 Å². The Kier molecular flexibility index (Phi) is 2.67. The first-order valence-corrected chi connectivity index (χ1v) is 3.79. The van der Waals surface area contributed by atoms with E-state index in [4.69, 9.17) is 16.3 Å². The molecule has 0 spiro atoms. The molecule has 1 heterocycles. The van der Waals surface area contributed by atoms with Gasteiger partial charge in [0.05, 0.1) is 12.0 Å². The first kappa shape index (κ1) is 9.73. The third-order valence-electron chi connectivity index (χ3n) is 1.44. The van der Waals surface area contributed by atoms with E-state index in [1.807, 2.05) is 0 Å². The molecule has 0 fully saturated rings. The molecule has 70 valence electrons. The van der Waals surface area contributed by atoms with Crippen LogP contribution in [0.1, 0.15) is 5.69 Å². The van der Waals surface area contributed by atoms with Gasteiger partial charge in [-0.1, -0.05) is 11.6 Å². The number of nitrogens with zero attached hydrogens (tertiary/aromatic N) is 2. The molecule has 0 saturated heterocycles. The second-order valence-electron chi connectivity index (χ2n) is 2.36. The van der Waals surface area contributed by atoms with Crippen LogP contribution in [-0.4, -0.2) is 17.0 Å².